The third-order valence-corrected chi connectivity index (χ3v) is 4.80. The average Bonchev–Trinajstić information content (AvgIpc) is 2.60. The Morgan fingerprint density at radius 3 is 2.73 bits per heavy atom. The molecular formula is C10H6I2N2O. The van der Waals surface area contributed by atoms with Crippen molar-refractivity contribution in [2.75, 3.05) is 0 Å². The molecule has 1 aromatic carbocycles. The van der Waals surface area contributed by atoms with Gasteiger partial charge in [0.1, 0.15) is 20.0 Å². The van der Waals surface area contributed by atoms with Crippen LogP contribution in [0, 0.1) is 7.40 Å². The summed E-state index contributed by atoms with van der Waals surface area (Å²) in [5.41, 5.74) is 1.63. The van der Waals surface area contributed by atoms with Crippen LogP contribution in [0.15, 0.2) is 30.6 Å². The number of aromatic nitrogens is 2. The van der Waals surface area contributed by atoms with Crippen molar-refractivity contribution < 1.29 is 4.79 Å². The lowest BCUT2D eigenvalue weighted by Crippen LogP contribution is -1.96. The van der Waals surface area contributed by atoms with Crippen molar-refractivity contribution in [1.29, 1.82) is 0 Å². The summed E-state index contributed by atoms with van der Waals surface area (Å²) in [5.74, 6) is 0. The summed E-state index contributed by atoms with van der Waals surface area (Å²) in [6, 6.07) is 7.44. The van der Waals surface area contributed by atoms with E-state index in [4.69, 9.17) is 0 Å². The predicted molar refractivity (Wildman–Crippen MR) is 74.4 cm³/mol. The monoisotopic (exact) mass is 424 g/mol. The Labute approximate surface area is 114 Å². The fourth-order valence-electron chi connectivity index (χ4n) is 1.24. The molecule has 1 aromatic heterocycles. The number of nitrogens with zero attached hydrogens (tertiary/aromatic N) is 2. The van der Waals surface area contributed by atoms with Crippen LogP contribution in [0.3, 0.4) is 0 Å². The normalized spacial score (nSPS) is 10.3. The highest BCUT2D eigenvalue weighted by Gasteiger charge is 2.06. The highest BCUT2D eigenvalue weighted by molar-refractivity contribution is 14.1. The van der Waals surface area contributed by atoms with E-state index in [-0.39, 0.29) is 0 Å². The second kappa shape index (κ2) is 4.60. The summed E-state index contributed by atoms with van der Waals surface area (Å²) < 4.78 is 3.97. The van der Waals surface area contributed by atoms with Crippen molar-refractivity contribution in [1.82, 2.24) is 9.55 Å². The fourth-order valence-corrected chi connectivity index (χ4v) is 2.17. The van der Waals surface area contributed by atoms with E-state index in [9.17, 15) is 4.79 Å². The lowest BCUT2D eigenvalue weighted by Gasteiger charge is -2.04. The molecule has 0 aliphatic carbocycles. The Kier molecular flexibility index (Phi) is 3.39. The lowest BCUT2D eigenvalue weighted by molar-refractivity contribution is 0.112. The zero-order valence-corrected chi connectivity index (χ0v) is 11.8. The molecule has 5 heteroatoms. The second-order valence-electron chi connectivity index (χ2n) is 2.91. The number of carbonyl (C=O) groups is 1. The molecule has 0 aliphatic rings. The SMILES string of the molecule is O=Cc1cccc(-n2cnc(I)c2I)c1. The van der Waals surface area contributed by atoms with Gasteiger partial charge < -0.3 is 0 Å². The van der Waals surface area contributed by atoms with E-state index in [0.717, 1.165) is 19.4 Å². The van der Waals surface area contributed by atoms with Gasteiger partial charge in [-0.3, -0.25) is 9.36 Å². The smallest absolute Gasteiger partial charge is 0.150 e. The molecule has 3 nitrogen and oxygen atoms in total. The molecule has 0 unspecified atom stereocenters. The number of imidazole rings is 1. The van der Waals surface area contributed by atoms with Crippen LogP contribution in [-0.2, 0) is 0 Å². The van der Waals surface area contributed by atoms with Gasteiger partial charge >= 0.3 is 0 Å². The third-order valence-electron chi connectivity index (χ3n) is 1.95. The van der Waals surface area contributed by atoms with Gasteiger partial charge in [0.05, 0.1) is 0 Å². The molecule has 76 valence electrons. The van der Waals surface area contributed by atoms with Gasteiger partial charge in [-0.2, -0.15) is 0 Å². The number of hydrogen-bond donors (Lipinski definition) is 0. The molecule has 2 rings (SSSR count). The minimum atomic E-state index is 0.673. The molecule has 15 heavy (non-hydrogen) atoms. The van der Waals surface area contributed by atoms with Crippen LogP contribution in [0.5, 0.6) is 0 Å². The minimum Gasteiger partial charge on any atom is -0.298 e. The zero-order chi connectivity index (χ0) is 10.8. The highest BCUT2D eigenvalue weighted by atomic mass is 127. The maximum Gasteiger partial charge on any atom is 0.150 e. The van der Waals surface area contributed by atoms with Crippen LogP contribution in [0.25, 0.3) is 5.69 Å². The molecule has 0 saturated carbocycles. The summed E-state index contributed by atoms with van der Waals surface area (Å²) in [5, 5.41) is 0. The number of benzene rings is 1. The van der Waals surface area contributed by atoms with Gasteiger partial charge in [0.15, 0.2) is 0 Å². The summed E-state index contributed by atoms with van der Waals surface area (Å²) in [6.45, 7) is 0. The number of carbonyl (C=O) groups excluding carboxylic acids is 1. The van der Waals surface area contributed by atoms with Crippen molar-refractivity contribution in [3.63, 3.8) is 0 Å². The van der Waals surface area contributed by atoms with E-state index in [1.54, 1.807) is 12.4 Å². The van der Waals surface area contributed by atoms with Gasteiger partial charge in [0.2, 0.25) is 0 Å². The third kappa shape index (κ3) is 2.22. The lowest BCUT2D eigenvalue weighted by atomic mass is 10.2. The van der Waals surface area contributed by atoms with Crippen molar-refractivity contribution in [2.45, 2.75) is 0 Å². The van der Waals surface area contributed by atoms with Gasteiger partial charge in [0.25, 0.3) is 0 Å². The zero-order valence-electron chi connectivity index (χ0n) is 7.52. The van der Waals surface area contributed by atoms with Gasteiger partial charge in [-0.1, -0.05) is 12.1 Å². The van der Waals surface area contributed by atoms with E-state index >= 15 is 0 Å². The van der Waals surface area contributed by atoms with E-state index in [1.165, 1.54) is 0 Å². The van der Waals surface area contributed by atoms with Gasteiger partial charge in [-0.25, -0.2) is 4.98 Å². The van der Waals surface area contributed by atoms with Crippen molar-refractivity contribution >= 4 is 51.5 Å². The Morgan fingerprint density at radius 1 is 1.33 bits per heavy atom. The molecule has 0 amide bonds. The summed E-state index contributed by atoms with van der Waals surface area (Å²) in [7, 11) is 0. The first kappa shape index (κ1) is 11.1. The number of aldehydes is 1. The Bertz CT molecular complexity index is 508. The first-order valence-electron chi connectivity index (χ1n) is 4.16. The van der Waals surface area contributed by atoms with Crippen LogP contribution in [0.2, 0.25) is 0 Å². The van der Waals surface area contributed by atoms with Crippen LogP contribution in [0.4, 0.5) is 0 Å². The molecule has 2 aromatic rings. The van der Waals surface area contributed by atoms with E-state index < -0.39 is 0 Å². The molecule has 0 fully saturated rings. The fraction of sp³-hybridized carbons (Fsp3) is 0. The Hall–Kier alpha value is -0.440. The van der Waals surface area contributed by atoms with E-state index in [2.05, 4.69) is 50.2 Å². The van der Waals surface area contributed by atoms with Crippen LogP contribution < -0.4 is 0 Å². The largest absolute Gasteiger partial charge is 0.298 e. The highest BCUT2D eigenvalue weighted by Crippen LogP contribution is 2.18. The van der Waals surface area contributed by atoms with Crippen molar-refractivity contribution in [3.8, 4) is 5.69 Å². The Balaban J connectivity index is 2.53. The van der Waals surface area contributed by atoms with E-state index in [0.29, 0.717) is 5.56 Å². The van der Waals surface area contributed by atoms with Gasteiger partial charge in [-0.15, -0.1) is 0 Å². The molecule has 0 N–H and O–H groups in total. The molecule has 0 atom stereocenters. The predicted octanol–water partition coefficient (Wildman–Crippen LogP) is 2.89. The summed E-state index contributed by atoms with van der Waals surface area (Å²) >= 11 is 4.41. The van der Waals surface area contributed by atoms with Crippen LogP contribution in [0.1, 0.15) is 10.4 Å². The quantitative estimate of drug-likeness (QED) is 0.550. The number of hydrogen-bond acceptors (Lipinski definition) is 2. The number of halogens is 2. The molecule has 0 saturated heterocycles. The summed E-state index contributed by atoms with van der Waals surface area (Å²) in [6.07, 6.45) is 2.60. The average molecular weight is 424 g/mol. The standard InChI is InChI=1S/C10H6I2N2O/c11-9-10(12)14(6-13-9)8-3-1-2-7(4-8)5-15/h1-6H. The summed E-state index contributed by atoms with van der Waals surface area (Å²) in [4.78, 5) is 14.9. The first-order chi connectivity index (χ1) is 7.22. The minimum absolute atomic E-state index is 0.673. The molecule has 0 aliphatic heterocycles. The maximum absolute atomic E-state index is 10.7. The van der Waals surface area contributed by atoms with Gasteiger partial charge in [0, 0.05) is 11.3 Å². The molecule has 0 spiro atoms. The molecular weight excluding hydrogens is 418 g/mol. The van der Waals surface area contributed by atoms with Crippen molar-refractivity contribution in [3.05, 3.63) is 43.6 Å². The second-order valence-corrected chi connectivity index (χ2v) is 4.95. The van der Waals surface area contributed by atoms with E-state index in [1.807, 2.05) is 22.8 Å². The topological polar surface area (TPSA) is 34.9 Å². The molecule has 1 heterocycles. The molecule has 0 radical (unpaired) electrons. The maximum atomic E-state index is 10.7. The van der Waals surface area contributed by atoms with Crippen LogP contribution in [-0.4, -0.2) is 15.8 Å². The van der Waals surface area contributed by atoms with Crippen molar-refractivity contribution in [2.24, 2.45) is 0 Å². The Morgan fingerprint density at radius 2 is 2.13 bits per heavy atom. The van der Waals surface area contributed by atoms with Crippen LogP contribution >= 0.6 is 45.2 Å². The number of rotatable bonds is 2. The van der Waals surface area contributed by atoms with Gasteiger partial charge in [-0.05, 0) is 57.3 Å². The first-order valence-corrected chi connectivity index (χ1v) is 6.32. The molecule has 0 bridgehead atoms.